The number of nitrogens with zero attached hydrogens (tertiary/aromatic N) is 1. The van der Waals surface area contributed by atoms with Gasteiger partial charge in [-0.05, 0) is 42.5 Å². The van der Waals surface area contributed by atoms with Gasteiger partial charge in [-0.3, -0.25) is 4.79 Å². The number of aromatic nitrogens is 1. The molecule has 0 atom stereocenters. The van der Waals surface area contributed by atoms with Gasteiger partial charge in [0.25, 0.3) is 0 Å². The summed E-state index contributed by atoms with van der Waals surface area (Å²) in [5, 5.41) is 0.493. The molecule has 0 spiro atoms. The number of rotatable bonds is 7. The van der Waals surface area contributed by atoms with Crippen LogP contribution in [0.25, 0.3) is 11.1 Å². The molecule has 27 heavy (non-hydrogen) atoms. The molecule has 4 rings (SSSR count). The van der Waals surface area contributed by atoms with Gasteiger partial charge >= 0.3 is 0 Å². The van der Waals surface area contributed by atoms with E-state index in [0.717, 1.165) is 22.9 Å². The van der Waals surface area contributed by atoms with Crippen LogP contribution >= 0.6 is 27.5 Å². The van der Waals surface area contributed by atoms with Crippen LogP contribution in [0.3, 0.4) is 0 Å². The van der Waals surface area contributed by atoms with E-state index in [9.17, 15) is 4.79 Å². The van der Waals surface area contributed by atoms with E-state index < -0.39 is 5.82 Å². The topological polar surface area (TPSA) is 52.3 Å². The first-order valence-electron chi connectivity index (χ1n) is 8.62. The maximum Gasteiger partial charge on any atom is 0.188 e. The molecule has 4 nitrogen and oxygen atoms in total. The van der Waals surface area contributed by atoms with Crippen LogP contribution in [-0.4, -0.2) is 24.0 Å². The van der Waals surface area contributed by atoms with Gasteiger partial charge in [-0.1, -0.05) is 33.6 Å². The molecule has 1 heterocycles. The average Bonchev–Trinajstić information content (AvgIpc) is 3.33. The van der Waals surface area contributed by atoms with Crippen LogP contribution in [0.4, 0.5) is 4.39 Å². The molecule has 0 radical (unpaired) electrons. The predicted octanol–water partition coefficient (Wildman–Crippen LogP) is 5.58. The van der Waals surface area contributed by atoms with Crippen LogP contribution in [0, 0.1) is 11.7 Å². The second kappa shape index (κ2) is 7.70. The van der Waals surface area contributed by atoms with E-state index >= 15 is 4.39 Å². The number of carbonyl (C=O) groups excluding carboxylic acids is 1. The summed E-state index contributed by atoms with van der Waals surface area (Å²) in [6.07, 6.45) is 3.62. The molecule has 0 unspecified atom stereocenters. The third-order valence-corrected chi connectivity index (χ3v) is 5.48. The zero-order valence-electron chi connectivity index (χ0n) is 14.3. The van der Waals surface area contributed by atoms with Gasteiger partial charge in [0.15, 0.2) is 23.6 Å². The summed E-state index contributed by atoms with van der Waals surface area (Å²) in [6.45, 7) is 0.475. The fraction of sp³-hybridized carbons (Fsp3) is 0.300. The van der Waals surface area contributed by atoms with Crippen molar-refractivity contribution >= 4 is 44.4 Å². The summed E-state index contributed by atoms with van der Waals surface area (Å²) in [5.41, 5.74) is 1.55. The van der Waals surface area contributed by atoms with Crippen molar-refractivity contribution in [2.24, 2.45) is 5.92 Å². The van der Waals surface area contributed by atoms with Gasteiger partial charge in [-0.15, -0.1) is 0 Å². The number of halogens is 3. The number of hydrogen-bond acceptors (Lipinski definition) is 4. The molecule has 0 amide bonds. The van der Waals surface area contributed by atoms with Crippen LogP contribution in [0.5, 0.6) is 0 Å². The van der Waals surface area contributed by atoms with Crippen molar-refractivity contribution < 1.29 is 18.3 Å². The van der Waals surface area contributed by atoms with Crippen LogP contribution in [0.2, 0.25) is 5.02 Å². The maximum atomic E-state index is 15.1. The van der Waals surface area contributed by atoms with E-state index in [-0.39, 0.29) is 41.0 Å². The molecule has 7 heteroatoms. The van der Waals surface area contributed by atoms with Gasteiger partial charge in [0.05, 0.1) is 6.61 Å². The van der Waals surface area contributed by atoms with Crippen molar-refractivity contribution in [2.75, 3.05) is 13.2 Å². The van der Waals surface area contributed by atoms with Gasteiger partial charge in [0.2, 0.25) is 0 Å². The highest BCUT2D eigenvalue weighted by Gasteiger charge is 2.24. The molecule has 2 aromatic carbocycles. The van der Waals surface area contributed by atoms with E-state index in [2.05, 4.69) is 20.9 Å². The Morgan fingerprint density at radius 2 is 2.19 bits per heavy atom. The normalized spacial score (nSPS) is 14.0. The maximum absolute atomic E-state index is 15.1. The number of ketones is 1. The van der Waals surface area contributed by atoms with Gasteiger partial charge in [0, 0.05) is 27.0 Å². The van der Waals surface area contributed by atoms with Crippen molar-refractivity contribution in [3.63, 3.8) is 0 Å². The number of ether oxygens (including phenoxy) is 1. The van der Waals surface area contributed by atoms with Crippen LogP contribution < -0.4 is 0 Å². The molecular formula is C20H16BrClFNO3. The summed E-state index contributed by atoms with van der Waals surface area (Å²) >= 11 is 9.64. The van der Waals surface area contributed by atoms with Gasteiger partial charge in [-0.2, -0.15) is 0 Å². The van der Waals surface area contributed by atoms with Crippen LogP contribution in [0.15, 0.2) is 39.5 Å². The lowest BCUT2D eigenvalue weighted by Gasteiger charge is -2.12. The van der Waals surface area contributed by atoms with E-state index in [4.69, 9.17) is 20.8 Å². The number of oxazole rings is 1. The molecule has 1 aliphatic carbocycles. The minimum Gasteiger partial charge on any atom is -0.443 e. The second-order valence-corrected chi connectivity index (χ2v) is 8.03. The third kappa shape index (κ3) is 4.08. The number of carbonyl (C=O) groups is 1. The highest BCUT2D eigenvalue weighted by atomic mass is 79.9. The first kappa shape index (κ1) is 18.6. The molecule has 0 aliphatic heterocycles. The SMILES string of the molecule is O=C(COCC1CC1)c1cc2ocnc2c(F)c1Cc1ccc(Br)cc1Cl. The quantitative estimate of drug-likeness (QED) is 0.439. The fourth-order valence-electron chi connectivity index (χ4n) is 2.96. The first-order chi connectivity index (χ1) is 13.0. The van der Waals surface area contributed by atoms with E-state index in [1.54, 1.807) is 12.1 Å². The lowest BCUT2D eigenvalue weighted by molar-refractivity contribution is 0.0738. The summed E-state index contributed by atoms with van der Waals surface area (Å²) in [7, 11) is 0. The predicted molar refractivity (Wildman–Crippen MR) is 104 cm³/mol. The Bertz CT molecular complexity index is 1020. The monoisotopic (exact) mass is 451 g/mol. The zero-order chi connectivity index (χ0) is 19.0. The van der Waals surface area contributed by atoms with Gasteiger partial charge in [-0.25, -0.2) is 9.37 Å². The van der Waals surface area contributed by atoms with Crippen LogP contribution in [-0.2, 0) is 11.2 Å². The lowest BCUT2D eigenvalue weighted by Crippen LogP contribution is -2.14. The Morgan fingerprint density at radius 3 is 2.93 bits per heavy atom. The molecule has 140 valence electrons. The largest absolute Gasteiger partial charge is 0.443 e. The number of fused-ring (bicyclic) bond motifs is 1. The summed E-state index contributed by atoms with van der Waals surface area (Å²) in [5.74, 6) is -0.297. The molecule has 0 bridgehead atoms. The molecule has 1 aromatic heterocycles. The number of benzene rings is 2. The second-order valence-electron chi connectivity index (χ2n) is 6.71. The standard InChI is InChI=1S/C20H16BrClFNO3/c21-13-4-3-12(16(22)6-13)5-15-14(17(25)9-26-8-11-1-2-11)7-18-20(19(15)23)24-10-27-18/h3-4,6-7,10-11H,1-2,5,8-9H2. The molecule has 3 aromatic rings. The van der Waals surface area contributed by atoms with E-state index in [0.29, 0.717) is 17.5 Å². The van der Waals surface area contributed by atoms with E-state index in [1.807, 2.05) is 6.07 Å². The molecule has 0 N–H and O–H groups in total. The van der Waals surface area contributed by atoms with Gasteiger partial charge in [0.1, 0.15) is 12.1 Å². The minimum atomic E-state index is -0.564. The molecule has 1 saturated carbocycles. The molecule has 1 fully saturated rings. The number of hydrogen-bond donors (Lipinski definition) is 0. The first-order valence-corrected chi connectivity index (χ1v) is 9.79. The summed E-state index contributed by atoms with van der Waals surface area (Å²) in [6, 6.07) is 6.91. The van der Waals surface area contributed by atoms with E-state index in [1.165, 1.54) is 12.5 Å². The summed E-state index contributed by atoms with van der Waals surface area (Å²) < 4.78 is 26.7. The third-order valence-electron chi connectivity index (χ3n) is 4.63. The Balaban J connectivity index is 1.69. The lowest BCUT2D eigenvalue weighted by atomic mass is 9.96. The number of Topliss-reactive ketones (excluding diaryl/α,β-unsaturated/α-hetero) is 1. The molecule has 1 aliphatic rings. The zero-order valence-corrected chi connectivity index (χ0v) is 16.6. The van der Waals surface area contributed by atoms with Gasteiger partial charge < -0.3 is 9.15 Å². The van der Waals surface area contributed by atoms with Crippen molar-refractivity contribution in [3.05, 3.63) is 62.7 Å². The van der Waals surface area contributed by atoms with Crippen LogP contribution in [0.1, 0.15) is 34.3 Å². The Kier molecular flexibility index (Phi) is 5.30. The minimum absolute atomic E-state index is 0.0867. The van der Waals surface area contributed by atoms with Crippen molar-refractivity contribution in [2.45, 2.75) is 19.3 Å². The summed E-state index contributed by atoms with van der Waals surface area (Å²) in [4.78, 5) is 16.6. The Labute approximate surface area is 168 Å². The Morgan fingerprint density at radius 1 is 1.37 bits per heavy atom. The molecular weight excluding hydrogens is 437 g/mol. The fourth-order valence-corrected chi connectivity index (χ4v) is 3.70. The average molecular weight is 453 g/mol. The highest BCUT2D eigenvalue weighted by Crippen LogP contribution is 2.31. The van der Waals surface area contributed by atoms with Crippen molar-refractivity contribution in [1.29, 1.82) is 0 Å². The highest BCUT2D eigenvalue weighted by molar-refractivity contribution is 9.10. The van der Waals surface area contributed by atoms with Crippen molar-refractivity contribution in [1.82, 2.24) is 4.98 Å². The molecule has 0 saturated heterocycles. The van der Waals surface area contributed by atoms with Crippen molar-refractivity contribution in [3.8, 4) is 0 Å². The smallest absolute Gasteiger partial charge is 0.188 e. The Hall–Kier alpha value is -1.76.